The summed E-state index contributed by atoms with van der Waals surface area (Å²) in [6.45, 7) is 8.89. The fourth-order valence-electron chi connectivity index (χ4n) is 12.3. The standard InChI is InChI=1S/C54H54ClF4N7O6/c1-28-52(23-31(52)15-13-29-9-6-10-32-34(29)26-66(50(32)71)39-17-18-43(67)64-47(39)68)19-8-20-65(28)49(70)30-14-16-37(40(21-30)72-5)62-48(69)46-44(33-11-7-12-36(55)45(33)56)53(42(63-46)24-51(2,3)4)27-61-38-22-41(54(57,58)59)60-25-35(38)53/h6-7,9-12,14,16,21-22,25,28,31,39,42,44,46,61,63H,8,17-20,23-24,26-27H2,1-5H3,(H,62,69)(H,64,67,68)/t28-,31-,39?,42+,44+,46-,52+,53+/m1/s1. The second kappa shape index (κ2) is 17.9. The summed E-state index contributed by atoms with van der Waals surface area (Å²) in [5, 5.41) is 11.8. The number of carbonyl (C=O) groups is 5. The smallest absolute Gasteiger partial charge is 0.433 e. The number of nitrogens with zero attached hydrogens (tertiary/aromatic N) is 3. The Morgan fingerprint density at radius 1 is 1.06 bits per heavy atom. The Morgan fingerprint density at radius 2 is 1.83 bits per heavy atom. The van der Waals surface area contributed by atoms with Gasteiger partial charge in [0.25, 0.3) is 11.8 Å². The van der Waals surface area contributed by atoms with E-state index in [-0.39, 0.29) is 94.2 Å². The monoisotopic (exact) mass is 1010 g/mol. The van der Waals surface area contributed by atoms with E-state index in [1.54, 1.807) is 42.5 Å². The maximum Gasteiger partial charge on any atom is 0.433 e. The molecule has 1 aliphatic carbocycles. The van der Waals surface area contributed by atoms with Crippen molar-refractivity contribution in [1.29, 1.82) is 0 Å². The molecular weight excluding hydrogens is 954 g/mol. The molecule has 1 saturated carbocycles. The van der Waals surface area contributed by atoms with Crippen LogP contribution in [0, 0.1) is 34.4 Å². The number of methoxy groups -OCH3 is 1. The van der Waals surface area contributed by atoms with E-state index in [2.05, 4.69) is 38.1 Å². The number of hydrogen-bond acceptors (Lipinski definition) is 9. The van der Waals surface area contributed by atoms with Gasteiger partial charge < -0.3 is 30.5 Å². The second-order valence-corrected chi connectivity index (χ2v) is 21.7. The fraction of sp³-hybridized carbons (Fsp3) is 0.444. The molecule has 3 aromatic carbocycles. The molecule has 0 bridgehead atoms. The maximum atomic E-state index is 16.4. The number of ether oxygens (including phenoxy) is 1. The SMILES string of the molecule is COc1cc(C(=O)N2CCC[C@]3(C[C@H]3C#Cc3cccc4c3CN(C3CCC(=O)NC3=O)C4=O)[C@H]2C)ccc1NC(=O)[C@@H]1N[C@@H](CC(C)(C)C)[C@@]2(CNc3cc(C(F)(F)F)ncc32)[C@H]1c1cccc(Cl)c1F. The Kier molecular flexibility index (Phi) is 12.2. The molecule has 0 radical (unpaired) electrons. The summed E-state index contributed by atoms with van der Waals surface area (Å²) in [7, 11) is 1.42. The van der Waals surface area contributed by atoms with Gasteiger partial charge in [-0.15, -0.1) is 0 Å². The van der Waals surface area contributed by atoms with Crippen molar-refractivity contribution in [3.8, 4) is 17.6 Å². The molecule has 2 spiro atoms. The average molecular weight is 1010 g/mol. The van der Waals surface area contributed by atoms with E-state index >= 15 is 4.39 Å². The summed E-state index contributed by atoms with van der Waals surface area (Å²) in [5.74, 6) is 3.39. The summed E-state index contributed by atoms with van der Waals surface area (Å²) in [5.41, 5.74) is 0.430. The van der Waals surface area contributed by atoms with E-state index in [0.717, 1.165) is 30.9 Å². The van der Waals surface area contributed by atoms with Crippen LogP contribution in [0.4, 0.5) is 28.9 Å². The molecule has 376 valence electrons. The molecule has 6 aliphatic rings. The zero-order chi connectivity index (χ0) is 51.2. The van der Waals surface area contributed by atoms with Crippen LogP contribution < -0.4 is 26.0 Å². The van der Waals surface area contributed by atoms with Crippen LogP contribution in [-0.2, 0) is 32.5 Å². The number of rotatable bonds is 7. The predicted octanol–water partition coefficient (Wildman–Crippen LogP) is 8.21. The summed E-state index contributed by atoms with van der Waals surface area (Å²) < 4.78 is 64.0. The van der Waals surface area contributed by atoms with Gasteiger partial charge in [0.1, 0.15) is 23.3 Å². The Bertz CT molecular complexity index is 3020. The highest BCUT2D eigenvalue weighted by atomic mass is 35.5. The molecule has 4 fully saturated rings. The molecular formula is C54H54ClF4N7O6. The number of benzene rings is 3. The first-order valence-electron chi connectivity index (χ1n) is 24.2. The number of nitrogens with one attached hydrogen (secondary N) is 4. The molecule has 1 unspecified atom stereocenters. The summed E-state index contributed by atoms with van der Waals surface area (Å²) in [6.07, 6.45) is -0.226. The number of alkyl halides is 3. The lowest BCUT2D eigenvalue weighted by atomic mass is 9.63. The lowest BCUT2D eigenvalue weighted by molar-refractivity contribution is -0.141. The van der Waals surface area contributed by atoms with E-state index in [4.69, 9.17) is 16.3 Å². The van der Waals surface area contributed by atoms with Crippen LogP contribution in [0.15, 0.2) is 66.9 Å². The van der Waals surface area contributed by atoms with Crippen molar-refractivity contribution in [1.82, 2.24) is 25.4 Å². The molecule has 10 rings (SSSR count). The summed E-state index contributed by atoms with van der Waals surface area (Å²) in [4.78, 5) is 74.4. The molecule has 4 aromatic rings. The highest BCUT2D eigenvalue weighted by Crippen LogP contribution is 2.61. The molecule has 13 nitrogen and oxygen atoms in total. The topological polar surface area (TPSA) is 162 Å². The van der Waals surface area contributed by atoms with Gasteiger partial charge in [-0.3, -0.25) is 34.3 Å². The minimum Gasteiger partial charge on any atom is -0.495 e. The van der Waals surface area contributed by atoms with Crippen LogP contribution in [0.25, 0.3) is 0 Å². The van der Waals surface area contributed by atoms with E-state index in [0.29, 0.717) is 35.2 Å². The van der Waals surface area contributed by atoms with Crippen molar-refractivity contribution in [2.45, 2.75) is 114 Å². The normalized spacial score (nSPS) is 27.5. The lowest BCUT2D eigenvalue weighted by Gasteiger charge is -2.40. The number of pyridine rings is 1. The first-order valence-corrected chi connectivity index (χ1v) is 24.6. The van der Waals surface area contributed by atoms with Gasteiger partial charge in [-0.25, -0.2) is 4.39 Å². The maximum absolute atomic E-state index is 16.4. The number of hydrogen-bond donors (Lipinski definition) is 4. The van der Waals surface area contributed by atoms with Gasteiger partial charge in [-0.05, 0) is 98.0 Å². The minimum absolute atomic E-state index is 0.00733. The Labute approximate surface area is 419 Å². The largest absolute Gasteiger partial charge is 0.495 e. The van der Waals surface area contributed by atoms with Gasteiger partial charge in [-0.2, -0.15) is 13.2 Å². The third kappa shape index (κ3) is 8.33. The molecule has 5 aliphatic heterocycles. The molecule has 18 heteroatoms. The van der Waals surface area contributed by atoms with Gasteiger partial charge in [0, 0.05) is 94.9 Å². The molecule has 3 saturated heterocycles. The molecule has 4 N–H and O–H groups in total. The van der Waals surface area contributed by atoms with Gasteiger partial charge >= 0.3 is 6.18 Å². The van der Waals surface area contributed by atoms with Crippen molar-refractivity contribution in [2.24, 2.45) is 16.7 Å². The molecule has 72 heavy (non-hydrogen) atoms. The van der Waals surface area contributed by atoms with E-state index < -0.39 is 59.0 Å². The van der Waals surface area contributed by atoms with Crippen LogP contribution in [0.1, 0.15) is 121 Å². The predicted molar refractivity (Wildman–Crippen MR) is 260 cm³/mol. The zero-order valence-electron chi connectivity index (χ0n) is 40.4. The first-order chi connectivity index (χ1) is 34.1. The zero-order valence-corrected chi connectivity index (χ0v) is 41.1. The van der Waals surface area contributed by atoms with Gasteiger partial charge in [-0.1, -0.05) is 62.4 Å². The summed E-state index contributed by atoms with van der Waals surface area (Å²) >= 11 is 6.39. The third-order valence-corrected chi connectivity index (χ3v) is 16.3. The fourth-order valence-corrected chi connectivity index (χ4v) is 12.5. The molecule has 5 amide bonds. The number of carbonyl (C=O) groups excluding carboxylic acids is 5. The number of piperidine rings is 2. The molecule has 1 aromatic heterocycles. The van der Waals surface area contributed by atoms with E-state index in [9.17, 15) is 37.1 Å². The minimum atomic E-state index is -4.71. The molecule has 8 atom stereocenters. The van der Waals surface area contributed by atoms with Crippen molar-refractivity contribution < 1.29 is 46.3 Å². The number of anilines is 2. The Morgan fingerprint density at radius 3 is 2.57 bits per heavy atom. The number of amides is 5. The van der Waals surface area contributed by atoms with Crippen LogP contribution in [-0.4, -0.2) is 88.7 Å². The van der Waals surface area contributed by atoms with Crippen LogP contribution in [0.2, 0.25) is 5.02 Å². The van der Waals surface area contributed by atoms with Gasteiger partial charge in [0.2, 0.25) is 17.7 Å². The Balaban J connectivity index is 0.886. The number of aromatic nitrogens is 1. The third-order valence-electron chi connectivity index (χ3n) is 16.0. The van der Waals surface area contributed by atoms with E-state index in [1.807, 2.05) is 38.7 Å². The van der Waals surface area contributed by atoms with Crippen LogP contribution in [0.3, 0.4) is 0 Å². The van der Waals surface area contributed by atoms with Crippen molar-refractivity contribution in [3.05, 3.63) is 117 Å². The molecule has 6 heterocycles. The first kappa shape index (κ1) is 49.1. The van der Waals surface area contributed by atoms with Crippen molar-refractivity contribution >= 4 is 52.5 Å². The Hall–Kier alpha value is -6.51. The van der Waals surface area contributed by atoms with Gasteiger partial charge in [0.15, 0.2) is 0 Å². The lowest BCUT2D eigenvalue weighted by Crippen LogP contribution is -2.52. The number of halogens is 5. The van der Waals surface area contributed by atoms with Crippen LogP contribution >= 0.6 is 11.6 Å². The van der Waals surface area contributed by atoms with Crippen molar-refractivity contribution in [2.75, 3.05) is 30.8 Å². The van der Waals surface area contributed by atoms with E-state index in [1.165, 1.54) is 24.3 Å². The number of imide groups is 1. The second-order valence-electron chi connectivity index (χ2n) is 21.3. The number of likely N-dealkylation sites (tertiary alicyclic amines) is 1. The highest BCUT2D eigenvalue weighted by molar-refractivity contribution is 6.30. The van der Waals surface area contributed by atoms with Gasteiger partial charge in [0.05, 0.1) is 23.9 Å². The number of fused-ring (bicyclic) bond motifs is 3. The quantitative estimate of drug-likeness (QED) is 0.0813. The highest BCUT2D eigenvalue weighted by Gasteiger charge is 2.63. The average Bonchev–Trinajstić information content (AvgIpc) is 3.54. The van der Waals surface area contributed by atoms with Crippen molar-refractivity contribution in [3.63, 3.8) is 0 Å². The van der Waals surface area contributed by atoms with Crippen LogP contribution in [0.5, 0.6) is 5.75 Å². The summed E-state index contributed by atoms with van der Waals surface area (Å²) in [6, 6.07) is 13.0.